The molecule has 16 heavy (non-hydrogen) atoms. The third kappa shape index (κ3) is 1.64. The number of allylic oxidation sites excluding steroid dienone is 1. The van der Waals surface area contributed by atoms with Gasteiger partial charge in [0.05, 0.1) is 12.5 Å². The fourth-order valence-electron chi connectivity index (χ4n) is 2.66. The molecule has 1 aromatic carbocycles. The number of benzene rings is 1. The Morgan fingerprint density at radius 1 is 1.19 bits per heavy atom. The number of cyclic esters (lactones) is 1. The molecule has 2 nitrogen and oxygen atoms in total. The summed E-state index contributed by atoms with van der Waals surface area (Å²) >= 11 is 0. The zero-order valence-electron chi connectivity index (χ0n) is 9.06. The highest BCUT2D eigenvalue weighted by molar-refractivity contribution is 5.76. The lowest BCUT2D eigenvalue weighted by atomic mass is 10.0. The van der Waals surface area contributed by atoms with Gasteiger partial charge in [-0.2, -0.15) is 0 Å². The number of hydrogen-bond acceptors (Lipinski definition) is 2. The summed E-state index contributed by atoms with van der Waals surface area (Å²) in [7, 11) is 0. The van der Waals surface area contributed by atoms with E-state index >= 15 is 0 Å². The smallest absolute Gasteiger partial charge is 0.309 e. The molecule has 0 amide bonds. The Balaban J connectivity index is 1.79. The van der Waals surface area contributed by atoms with E-state index in [0.717, 1.165) is 12.8 Å². The van der Waals surface area contributed by atoms with Crippen molar-refractivity contribution in [1.29, 1.82) is 0 Å². The Labute approximate surface area is 94.9 Å². The van der Waals surface area contributed by atoms with Crippen molar-refractivity contribution < 1.29 is 9.53 Å². The van der Waals surface area contributed by atoms with Crippen LogP contribution in [0.25, 0.3) is 6.08 Å². The SMILES string of the molecule is O=C1OCC2C/C(=C\c3ccccc3)CC12. The van der Waals surface area contributed by atoms with E-state index in [1.807, 2.05) is 18.2 Å². The van der Waals surface area contributed by atoms with Crippen LogP contribution in [0.2, 0.25) is 0 Å². The van der Waals surface area contributed by atoms with E-state index in [9.17, 15) is 4.79 Å². The molecule has 0 radical (unpaired) electrons. The van der Waals surface area contributed by atoms with Gasteiger partial charge in [-0.15, -0.1) is 0 Å². The quantitative estimate of drug-likeness (QED) is 0.672. The van der Waals surface area contributed by atoms with Crippen LogP contribution >= 0.6 is 0 Å². The molecule has 3 rings (SSSR count). The summed E-state index contributed by atoms with van der Waals surface area (Å²) in [6.45, 7) is 0.621. The largest absolute Gasteiger partial charge is 0.465 e. The van der Waals surface area contributed by atoms with Gasteiger partial charge in [-0.25, -0.2) is 0 Å². The summed E-state index contributed by atoms with van der Waals surface area (Å²) in [5.41, 5.74) is 2.61. The summed E-state index contributed by atoms with van der Waals surface area (Å²) in [5, 5.41) is 0. The van der Waals surface area contributed by atoms with Crippen LogP contribution in [0.15, 0.2) is 35.9 Å². The Hall–Kier alpha value is -1.57. The van der Waals surface area contributed by atoms with Crippen molar-refractivity contribution >= 4 is 12.0 Å². The number of fused-ring (bicyclic) bond motifs is 1. The van der Waals surface area contributed by atoms with Gasteiger partial charge < -0.3 is 4.74 Å². The van der Waals surface area contributed by atoms with Gasteiger partial charge >= 0.3 is 5.97 Å². The maximum absolute atomic E-state index is 11.4. The molecule has 2 aliphatic rings. The second-order valence-electron chi connectivity index (χ2n) is 4.62. The molecule has 1 aliphatic heterocycles. The predicted octanol–water partition coefficient (Wildman–Crippen LogP) is 2.65. The summed E-state index contributed by atoms with van der Waals surface area (Å²) in [4.78, 5) is 11.4. The molecule has 2 unspecified atom stereocenters. The standard InChI is InChI=1S/C14H14O2/c15-14-13-8-11(7-12(13)9-16-14)6-10-4-2-1-3-5-10/h1-6,12-13H,7-9H2/b11-6+. The zero-order valence-corrected chi connectivity index (χ0v) is 9.06. The second kappa shape index (κ2) is 3.78. The highest BCUT2D eigenvalue weighted by Crippen LogP contribution is 2.41. The average Bonchev–Trinajstić information content (AvgIpc) is 2.83. The molecule has 1 aromatic rings. The molecule has 0 N–H and O–H groups in total. The number of ether oxygens (including phenoxy) is 1. The first-order chi connectivity index (χ1) is 7.83. The number of carbonyl (C=O) groups excluding carboxylic acids is 1. The Morgan fingerprint density at radius 3 is 2.75 bits per heavy atom. The van der Waals surface area contributed by atoms with Crippen molar-refractivity contribution in [2.24, 2.45) is 11.8 Å². The third-order valence-corrected chi connectivity index (χ3v) is 3.49. The van der Waals surface area contributed by atoms with E-state index in [4.69, 9.17) is 4.74 Å². The molecule has 1 heterocycles. The molecule has 2 heteroatoms. The van der Waals surface area contributed by atoms with E-state index in [1.54, 1.807) is 0 Å². The molecule has 2 atom stereocenters. The maximum atomic E-state index is 11.4. The Morgan fingerprint density at radius 2 is 2.00 bits per heavy atom. The lowest BCUT2D eigenvalue weighted by Crippen LogP contribution is -2.08. The molecule has 0 aromatic heterocycles. The first-order valence-corrected chi connectivity index (χ1v) is 5.74. The number of carbonyl (C=O) groups is 1. The van der Waals surface area contributed by atoms with E-state index in [2.05, 4.69) is 18.2 Å². The second-order valence-corrected chi connectivity index (χ2v) is 4.62. The van der Waals surface area contributed by atoms with Gasteiger partial charge in [0.15, 0.2) is 0 Å². The van der Waals surface area contributed by atoms with Gasteiger partial charge in [-0.05, 0) is 18.4 Å². The maximum Gasteiger partial charge on any atom is 0.309 e. The fourth-order valence-corrected chi connectivity index (χ4v) is 2.66. The van der Waals surface area contributed by atoms with Crippen molar-refractivity contribution in [2.45, 2.75) is 12.8 Å². The number of hydrogen-bond donors (Lipinski definition) is 0. The van der Waals surface area contributed by atoms with Crippen molar-refractivity contribution in [3.05, 3.63) is 41.5 Å². The van der Waals surface area contributed by atoms with Crippen LogP contribution in [0.4, 0.5) is 0 Å². The van der Waals surface area contributed by atoms with Crippen LogP contribution < -0.4 is 0 Å². The van der Waals surface area contributed by atoms with E-state index < -0.39 is 0 Å². The minimum atomic E-state index is 0.00135. The summed E-state index contributed by atoms with van der Waals surface area (Å²) in [6, 6.07) is 10.3. The molecular formula is C14H14O2. The summed E-state index contributed by atoms with van der Waals surface area (Å²) in [6.07, 6.45) is 4.12. The van der Waals surface area contributed by atoms with Crippen molar-refractivity contribution in [3.63, 3.8) is 0 Å². The summed E-state index contributed by atoms with van der Waals surface area (Å²) < 4.78 is 5.05. The van der Waals surface area contributed by atoms with Crippen LogP contribution in [-0.2, 0) is 9.53 Å². The minimum Gasteiger partial charge on any atom is -0.465 e. The van der Waals surface area contributed by atoms with Crippen molar-refractivity contribution in [1.82, 2.24) is 0 Å². The molecule has 0 bridgehead atoms. The van der Waals surface area contributed by atoms with E-state index in [0.29, 0.717) is 12.5 Å². The van der Waals surface area contributed by atoms with Gasteiger partial charge in [-0.3, -0.25) is 4.79 Å². The molecule has 82 valence electrons. The first-order valence-electron chi connectivity index (χ1n) is 5.74. The van der Waals surface area contributed by atoms with Gasteiger partial charge in [0.2, 0.25) is 0 Å². The average molecular weight is 214 g/mol. The van der Waals surface area contributed by atoms with Gasteiger partial charge in [0.1, 0.15) is 0 Å². The zero-order chi connectivity index (χ0) is 11.0. The highest BCUT2D eigenvalue weighted by atomic mass is 16.5. The van der Waals surface area contributed by atoms with Crippen LogP contribution in [-0.4, -0.2) is 12.6 Å². The van der Waals surface area contributed by atoms with Crippen molar-refractivity contribution in [2.75, 3.05) is 6.61 Å². The van der Waals surface area contributed by atoms with E-state index in [1.165, 1.54) is 11.1 Å². The fraction of sp³-hybridized carbons (Fsp3) is 0.357. The molecule has 2 fully saturated rings. The van der Waals surface area contributed by atoms with Crippen LogP contribution in [0, 0.1) is 11.8 Å². The van der Waals surface area contributed by atoms with Crippen LogP contribution in [0.3, 0.4) is 0 Å². The Bertz CT molecular complexity index is 433. The normalized spacial score (nSPS) is 30.5. The van der Waals surface area contributed by atoms with Crippen molar-refractivity contribution in [3.8, 4) is 0 Å². The minimum absolute atomic E-state index is 0.00135. The first kappa shape index (κ1) is 9.64. The molecule has 0 spiro atoms. The molecule has 1 saturated heterocycles. The van der Waals surface area contributed by atoms with Gasteiger partial charge in [-0.1, -0.05) is 42.0 Å². The molecule has 1 saturated carbocycles. The lowest BCUT2D eigenvalue weighted by Gasteiger charge is -2.00. The summed E-state index contributed by atoms with van der Waals surface area (Å²) in [5.74, 6) is 0.568. The highest BCUT2D eigenvalue weighted by Gasteiger charge is 2.42. The topological polar surface area (TPSA) is 26.3 Å². The monoisotopic (exact) mass is 214 g/mol. The van der Waals surface area contributed by atoms with Crippen LogP contribution in [0.1, 0.15) is 18.4 Å². The van der Waals surface area contributed by atoms with Gasteiger partial charge in [0.25, 0.3) is 0 Å². The Kier molecular flexibility index (Phi) is 2.28. The number of rotatable bonds is 1. The van der Waals surface area contributed by atoms with Gasteiger partial charge in [0, 0.05) is 5.92 Å². The lowest BCUT2D eigenvalue weighted by molar-refractivity contribution is -0.141. The van der Waals surface area contributed by atoms with E-state index in [-0.39, 0.29) is 11.9 Å². The molecule has 1 aliphatic carbocycles. The molecular weight excluding hydrogens is 200 g/mol. The predicted molar refractivity (Wildman–Crippen MR) is 61.6 cm³/mol. The third-order valence-electron chi connectivity index (χ3n) is 3.49. The van der Waals surface area contributed by atoms with Crippen LogP contribution in [0.5, 0.6) is 0 Å². The number of esters is 1.